The summed E-state index contributed by atoms with van der Waals surface area (Å²) < 4.78 is 0. The van der Waals surface area contributed by atoms with Crippen LogP contribution in [0.4, 0.5) is 4.79 Å². The second kappa shape index (κ2) is 9.26. The van der Waals surface area contributed by atoms with E-state index in [9.17, 15) is 9.59 Å². The minimum absolute atomic E-state index is 0.449. The van der Waals surface area contributed by atoms with E-state index in [-0.39, 0.29) is 0 Å². The molecule has 15 heavy (non-hydrogen) atoms. The Morgan fingerprint density at radius 3 is 2.60 bits per heavy atom. The van der Waals surface area contributed by atoms with Gasteiger partial charge in [-0.3, -0.25) is 10.0 Å². The quantitative estimate of drug-likeness (QED) is 0.284. The van der Waals surface area contributed by atoms with E-state index in [0.29, 0.717) is 6.54 Å². The molecular weight excluding hydrogens is 198 g/mol. The fourth-order valence-corrected chi connectivity index (χ4v) is 0.968. The third-order valence-electron chi connectivity index (χ3n) is 1.76. The van der Waals surface area contributed by atoms with Crippen molar-refractivity contribution in [3.8, 4) is 0 Å². The van der Waals surface area contributed by atoms with Crippen molar-refractivity contribution in [3.63, 3.8) is 0 Å². The first-order valence-electron chi connectivity index (χ1n) is 5.02. The zero-order valence-electron chi connectivity index (χ0n) is 8.88. The van der Waals surface area contributed by atoms with Crippen LogP contribution in [0.2, 0.25) is 0 Å². The molecule has 6 heteroatoms. The highest BCUT2D eigenvalue weighted by molar-refractivity contribution is 5.88. The summed E-state index contributed by atoms with van der Waals surface area (Å²) >= 11 is 0. The molecule has 0 bridgehead atoms. The Labute approximate surface area is 89.4 Å². The predicted molar refractivity (Wildman–Crippen MR) is 54.9 cm³/mol. The van der Waals surface area contributed by atoms with Crippen LogP contribution in [0.3, 0.4) is 0 Å². The van der Waals surface area contributed by atoms with Gasteiger partial charge in [0.1, 0.15) is 6.54 Å². The zero-order valence-corrected chi connectivity index (χ0v) is 8.88. The lowest BCUT2D eigenvalue weighted by atomic mass is 10.2. The van der Waals surface area contributed by atoms with Crippen molar-refractivity contribution in [2.75, 3.05) is 6.54 Å². The van der Waals surface area contributed by atoms with Crippen LogP contribution in [-0.4, -0.2) is 23.7 Å². The van der Waals surface area contributed by atoms with Crippen molar-refractivity contribution in [1.29, 1.82) is 0 Å². The Balaban J connectivity index is 3.30. The highest BCUT2D eigenvalue weighted by Crippen LogP contribution is 1.96. The highest BCUT2D eigenvalue weighted by Gasteiger charge is 2.03. The van der Waals surface area contributed by atoms with Crippen LogP contribution < -0.4 is 16.1 Å². The Bertz CT molecular complexity index is 197. The Kier molecular flexibility index (Phi) is 8.46. The van der Waals surface area contributed by atoms with Gasteiger partial charge < -0.3 is 10.6 Å². The predicted octanol–water partition coefficient (Wildman–Crippen LogP) is 0.533. The molecule has 0 aliphatic carbocycles. The topological polar surface area (TPSA) is 90.5 Å². The second-order valence-electron chi connectivity index (χ2n) is 3.08. The molecule has 0 unspecified atom stereocenters. The molecular formula is C9H18N3O3. The lowest BCUT2D eigenvalue weighted by Gasteiger charge is -2.05. The number of carbonyl (C=O) groups is 2. The minimum Gasteiger partial charge on any atom is -0.338 e. The molecule has 0 atom stereocenters. The van der Waals surface area contributed by atoms with Crippen LogP contribution in [-0.2, 0) is 4.79 Å². The number of rotatable bonds is 7. The SMILES string of the molecule is CCCCCCNC(=O)N[CH]C(=O)NO. The smallest absolute Gasteiger partial charge is 0.315 e. The summed E-state index contributed by atoms with van der Waals surface area (Å²) in [5.41, 5.74) is 1.37. The van der Waals surface area contributed by atoms with Crippen LogP contribution in [0.5, 0.6) is 0 Å². The van der Waals surface area contributed by atoms with Gasteiger partial charge in [-0.1, -0.05) is 26.2 Å². The molecule has 0 aliphatic heterocycles. The summed E-state index contributed by atoms with van der Waals surface area (Å²) in [5, 5.41) is 12.9. The number of unbranched alkanes of at least 4 members (excludes halogenated alkanes) is 3. The maximum atomic E-state index is 11.0. The minimum atomic E-state index is -0.767. The largest absolute Gasteiger partial charge is 0.338 e. The Morgan fingerprint density at radius 1 is 1.27 bits per heavy atom. The van der Waals surface area contributed by atoms with Gasteiger partial charge in [-0.15, -0.1) is 0 Å². The molecule has 6 nitrogen and oxygen atoms in total. The van der Waals surface area contributed by atoms with Gasteiger partial charge in [0.25, 0.3) is 5.91 Å². The summed E-state index contributed by atoms with van der Waals surface area (Å²) in [4.78, 5) is 21.5. The first-order chi connectivity index (χ1) is 7.20. The van der Waals surface area contributed by atoms with E-state index < -0.39 is 11.9 Å². The van der Waals surface area contributed by atoms with Gasteiger partial charge in [0, 0.05) is 6.54 Å². The maximum Gasteiger partial charge on any atom is 0.315 e. The molecule has 1 radical (unpaired) electrons. The van der Waals surface area contributed by atoms with Gasteiger partial charge in [0.05, 0.1) is 0 Å². The van der Waals surface area contributed by atoms with Crippen molar-refractivity contribution >= 4 is 11.9 Å². The van der Waals surface area contributed by atoms with Crippen molar-refractivity contribution in [1.82, 2.24) is 16.1 Å². The molecule has 0 aromatic rings. The van der Waals surface area contributed by atoms with Crippen LogP contribution in [0, 0.1) is 6.54 Å². The third-order valence-corrected chi connectivity index (χ3v) is 1.76. The molecule has 0 heterocycles. The molecule has 0 aliphatic rings. The summed E-state index contributed by atoms with van der Waals surface area (Å²) in [6.45, 7) is 3.55. The van der Waals surface area contributed by atoms with E-state index in [1.165, 1.54) is 5.48 Å². The second-order valence-corrected chi connectivity index (χ2v) is 3.08. The van der Waals surface area contributed by atoms with E-state index >= 15 is 0 Å². The van der Waals surface area contributed by atoms with Gasteiger partial charge in [-0.2, -0.15) is 0 Å². The zero-order chi connectivity index (χ0) is 11.5. The van der Waals surface area contributed by atoms with E-state index in [0.717, 1.165) is 32.2 Å². The molecule has 3 amide bonds. The molecule has 0 aromatic carbocycles. The van der Waals surface area contributed by atoms with Crippen LogP contribution in [0.1, 0.15) is 32.6 Å². The van der Waals surface area contributed by atoms with Crippen LogP contribution in [0.25, 0.3) is 0 Å². The number of carbonyl (C=O) groups excluding carboxylic acids is 2. The average Bonchev–Trinajstić information content (AvgIpc) is 2.25. The standard InChI is InChI=1S/C9H18N3O3/c1-2-3-4-5-6-10-9(14)11-7-8(13)12-15/h7,15H,2-6H2,1H3,(H,12,13)(H2,10,11,14). The van der Waals surface area contributed by atoms with E-state index in [1.807, 2.05) is 0 Å². The molecule has 0 rings (SSSR count). The Morgan fingerprint density at radius 2 is 2.00 bits per heavy atom. The van der Waals surface area contributed by atoms with Gasteiger partial charge in [-0.05, 0) is 6.42 Å². The van der Waals surface area contributed by atoms with Crippen molar-refractivity contribution < 1.29 is 14.8 Å². The third kappa shape index (κ3) is 9.01. The first-order valence-corrected chi connectivity index (χ1v) is 5.02. The lowest BCUT2D eigenvalue weighted by molar-refractivity contribution is -0.125. The van der Waals surface area contributed by atoms with Crippen molar-refractivity contribution in [2.24, 2.45) is 0 Å². The number of hydrogen-bond donors (Lipinski definition) is 4. The van der Waals surface area contributed by atoms with E-state index in [4.69, 9.17) is 5.21 Å². The molecule has 0 saturated carbocycles. The van der Waals surface area contributed by atoms with Gasteiger partial charge in [-0.25, -0.2) is 10.3 Å². The molecule has 4 N–H and O–H groups in total. The number of amides is 3. The summed E-state index contributed by atoms with van der Waals surface area (Å²) in [7, 11) is 0. The van der Waals surface area contributed by atoms with Gasteiger partial charge >= 0.3 is 6.03 Å². The molecule has 0 aromatic heterocycles. The molecule has 0 saturated heterocycles. The average molecular weight is 216 g/mol. The highest BCUT2D eigenvalue weighted by atomic mass is 16.5. The summed E-state index contributed by atoms with van der Waals surface area (Å²) in [5.74, 6) is -0.767. The monoisotopic (exact) mass is 216 g/mol. The van der Waals surface area contributed by atoms with Crippen molar-refractivity contribution in [3.05, 3.63) is 6.54 Å². The van der Waals surface area contributed by atoms with Gasteiger partial charge in [0.15, 0.2) is 0 Å². The van der Waals surface area contributed by atoms with E-state index in [2.05, 4.69) is 17.6 Å². The van der Waals surface area contributed by atoms with Crippen molar-refractivity contribution in [2.45, 2.75) is 32.6 Å². The normalized spacial score (nSPS) is 9.47. The van der Waals surface area contributed by atoms with Crippen LogP contribution >= 0.6 is 0 Å². The van der Waals surface area contributed by atoms with Crippen LogP contribution in [0.15, 0.2) is 0 Å². The summed E-state index contributed by atoms with van der Waals surface area (Å²) in [6, 6.07) is -0.449. The molecule has 87 valence electrons. The number of nitrogens with one attached hydrogen (secondary N) is 3. The molecule has 0 fully saturated rings. The van der Waals surface area contributed by atoms with Gasteiger partial charge in [0.2, 0.25) is 0 Å². The number of hydroxylamine groups is 1. The Hall–Kier alpha value is -1.30. The molecule has 0 spiro atoms. The fourth-order valence-electron chi connectivity index (χ4n) is 0.968. The number of hydrogen-bond acceptors (Lipinski definition) is 3. The lowest BCUT2D eigenvalue weighted by Crippen LogP contribution is -2.38. The maximum absolute atomic E-state index is 11.0. The fraction of sp³-hybridized carbons (Fsp3) is 0.667. The summed E-state index contributed by atoms with van der Waals surface area (Å²) in [6.07, 6.45) is 4.31. The first kappa shape index (κ1) is 13.7. The number of urea groups is 1. The van der Waals surface area contributed by atoms with E-state index in [1.54, 1.807) is 0 Å².